The lowest BCUT2D eigenvalue weighted by atomic mass is 9.88. The fourth-order valence-corrected chi connectivity index (χ4v) is 3.39. The van der Waals surface area contributed by atoms with Gasteiger partial charge in [0.25, 0.3) is 0 Å². The van der Waals surface area contributed by atoms with Gasteiger partial charge in [-0.15, -0.1) is 0 Å². The lowest BCUT2D eigenvalue weighted by Gasteiger charge is -2.26. The molecular formula is C16H22N4. The fourth-order valence-electron chi connectivity index (χ4n) is 3.39. The van der Waals surface area contributed by atoms with Crippen LogP contribution in [0.2, 0.25) is 0 Å². The zero-order valence-corrected chi connectivity index (χ0v) is 12.2. The van der Waals surface area contributed by atoms with Crippen molar-refractivity contribution in [2.24, 2.45) is 13.0 Å². The molecule has 1 N–H and O–H groups in total. The molecule has 0 saturated carbocycles. The van der Waals surface area contributed by atoms with E-state index >= 15 is 0 Å². The van der Waals surface area contributed by atoms with E-state index in [1.165, 1.54) is 30.4 Å². The number of nitrogens with one attached hydrogen (secondary N) is 1. The van der Waals surface area contributed by atoms with Gasteiger partial charge in [-0.25, -0.2) is 4.98 Å². The van der Waals surface area contributed by atoms with Crippen molar-refractivity contribution in [2.45, 2.75) is 31.7 Å². The molecule has 4 heteroatoms. The van der Waals surface area contributed by atoms with Gasteiger partial charge in [-0.1, -0.05) is 24.3 Å². The molecule has 1 aliphatic carbocycles. The Labute approximate surface area is 120 Å². The molecule has 1 aliphatic rings. The largest absolute Gasteiger partial charge is 0.313 e. The van der Waals surface area contributed by atoms with E-state index in [2.05, 4.69) is 46.7 Å². The van der Waals surface area contributed by atoms with Crippen molar-refractivity contribution in [1.29, 1.82) is 0 Å². The average Bonchev–Trinajstić information content (AvgIpc) is 2.77. The van der Waals surface area contributed by atoms with Crippen molar-refractivity contribution in [3.05, 3.63) is 47.5 Å². The number of aryl methyl sites for hydroxylation is 2. The Morgan fingerprint density at radius 2 is 2.20 bits per heavy atom. The maximum Gasteiger partial charge on any atom is 0.138 e. The van der Waals surface area contributed by atoms with Crippen molar-refractivity contribution in [2.75, 3.05) is 7.05 Å². The highest BCUT2D eigenvalue weighted by atomic mass is 15.3. The molecule has 0 saturated heterocycles. The Bertz CT molecular complexity index is 575. The van der Waals surface area contributed by atoms with Gasteiger partial charge in [0.1, 0.15) is 12.2 Å². The predicted molar refractivity (Wildman–Crippen MR) is 79.4 cm³/mol. The summed E-state index contributed by atoms with van der Waals surface area (Å²) in [7, 11) is 4.04. The zero-order valence-electron chi connectivity index (χ0n) is 12.2. The fraction of sp³-hybridized carbons (Fsp3) is 0.500. The van der Waals surface area contributed by atoms with Crippen LogP contribution < -0.4 is 5.32 Å². The van der Waals surface area contributed by atoms with Gasteiger partial charge in [0.05, 0.1) is 0 Å². The van der Waals surface area contributed by atoms with Crippen molar-refractivity contribution in [1.82, 2.24) is 20.1 Å². The summed E-state index contributed by atoms with van der Waals surface area (Å²) < 4.78 is 1.89. The Hall–Kier alpha value is -1.68. The topological polar surface area (TPSA) is 42.7 Å². The Kier molecular flexibility index (Phi) is 3.83. The smallest absolute Gasteiger partial charge is 0.138 e. The predicted octanol–water partition coefficient (Wildman–Crippen LogP) is 2.27. The number of aromatic nitrogens is 3. The van der Waals surface area contributed by atoms with Crippen LogP contribution in [-0.2, 0) is 19.9 Å². The number of fused-ring (bicyclic) bond motifs is 1. The third kappa shape index (κ3) is 2.48. The highest BCUT2D eigenvalue weighted by Crippen LogP contribution is 2.34. The molecule has 1 aromatic carbocycles. The van der Waals surface area contributed by atoms with Gasteiger partial charge in [-0.2, -0.15) is 5.10 Å². The standard InChI is InChI=1S/C16H22N4/c1-17-16-13(10-15-18-11-19-20(15)2)8-5-7-12-6-3-4-9-14(12)16/h3-4,6,9,11,13,16-17H,5,7-8,10H2,1-2H3. The summed E-state index contributed by atoms with van der Waals surface area (Å²) in [6, 6.07) is 9.24. The maximum absolute atomic E-state index is 4.39. The second-order valence-electron chi connectivity index (χ2n) is 5.62. The van der Waals surface area contributed by atoms with Gasteiger partial charge >= 0.3 is 0 Å². The molecule has 2 unspecified atom stereocenters. The molecule has 1 heterocycles. The molecule has 0 radical (unpaired) electrons. The van der Waals surface area contributed by atoms with E-state index in [1.54, 1.807) is 6.33 Å². The van der Waals surface area contributed by atoms with Crippen LogP contribution in [0.3, 0.4) is 0 Å². The van der Waals surface area contributed by atoms with E-state index in [-0.39, 0.29) is 0 Å². The summed E-state index contributed by atoms with van der Waals surface area (Å²) >= 11 is 0. The monoisotopic (exact) mass is 270 g/mol. The first-order valence-electron chi connectivity index (χ1n) is 7.37. The molecule has 0 bridgehead atoms. The number of hydrogen-bond donors (Lipinski definition) is 1. The minimum Gasteiger partial charge on any atom is -0.313 e. The first-order valence-corrected chi connectivity index (χ1v) is 7.37. The molecule has 2 atom stereocenters. The molecule has 0 aliphatic heterocycles. The SMILES string of the molecule is CNC1c2ccccc2CCCC1Cc1ncnn1C. The van der Waals surface area contributed by atoms with Crippen LogP contribution in [0.25, 0.3) is 0 Å². The molecule has 1 aromatic heterocycles. The maximum atomic E-state index is 4.39. The number of nitrogens with zero attached hydrogens (tertiary/aromatic N) is 3. The lowest BCUT2D eigenvalue weighted by molar-refractivity contribution is 0.349. The molecule has 3 rings (SSSR count). The van der Waals surface area contributed by atoms with Gasteiger partial charge in [0.2, 0.25) is 0 Å². The van der Waals surface area contributed by atoms with Crippen LogP contribution >= 0.6 is 0 Å². The van der Waals surface area contributed by atoms with Crippen LogP contribution in [0.4, 0.5) is 0 Å². The Balaban J connectivity index is 1.89. The van der Waals surface area contributed by atoms with Gasteiger partial charge in [0.15, 0.2) is 0 Å². The number of rotatable bonds is 3. The third-order valence-corrected chi connectivity index (χ3v) is 4.44. The summed E-state index contributed by atoms with van der Waals surface area (Å²) in [5.41, 5.74) is 2.95. The van der Waals surface area contributed by atoms with E-state index in [9.17, 15) is 0 Å². The molecule has 2 aromatic rings. The van der Waals surface area contributed by atoms with Crippen molar-refractivity contribution in [3.63, 3.8) is 0 Å². The Morgan fingerprint density at radius 3 is 2.95 bits per heavy atom. The van der Waals surface area contributed by atoms with Crippen molar-refractivity contribution >= 4 is 0 Å². The summed E-state index contributed by atoms with van der Waals surface area (Å²) in [4.78, 5) is 4.39. The van der Waals surface area contributed by atoms with E-state index in [0.717, 1.165) is 12.2 Å². The molecule has 4 nitrogen and oxygen atoms in total. The normalized spacial score (nSPS) is 22.3. The van der Waals surface area contributed by atoms with Crippen LogP contribution in [-0.4, -0.2) is 21.8 Å². The molecule has 0 fully saturated rings. The Morgan fingerprint density at radius 1 is 1.35 bits per heavy atom. The summed E-state index contributed by atoms with van der Waals surface area (Å²) in [6.45, 7) is 0. The second kappa shape index (κ2) is 5.75. The minimum atomic E-state index is 0.408. The van der Waals surface area contributed by atoms with E-state index < -0.39 is 0 Å². The number of benzene rings is 1. The van der Waals surface area contributed by atoms with E-state index in [4.69, 9.17) is 0 Å². The van der Waals surface area contributed by atoms with E-state index in [0.29, 0.717) is 12.0 Å². The molecule has 0 spiro atoms. The van der Waals surface area contributed by atoms with Gasteiger partial charge in [0, 0.05) is 19.5 Å². The molecule has 0 amide bonds. The van der Waals surface area contributed by atoms with Gasteiger partial charge in [-0.05, 0) is 43.4 Å². The van der Waals surface area contributed by atoms with Crippen molar-refractivity contribution in [3.8, 4) is 0 Å². The third-order valence-electron chi connectivity index (χ3n) is 4.44. The second-order valence-corrected chi connectivity index (χ2v) is 5.62. The van der Waals surface area contributed by atoms with Crippen molar-refractivity contribution < 1.29 is 0 Å². The summed E-state index contributed by atoms with van der Waals surface area (Å²) in [5.74, 6) is 1.65. The lowest BCUT2D eigenvalue weighted by Crippen LogP contribution is -2.27. The quantitative estimate of drug-likeness (QED) is 0.870. The van der Waals surface area contributed by atoms with E-state index in [1.807, 2.05) is 11.7 Å². The first-order chi connectivity index (χ1) is 9.79. The van der Waals surface area contributed by atoms with Crippen LogP contribution in [0.1, 0.15) is 35.8 Å². The summed E-state index contributed by atoms with van der Waals surface area (Å²) in [6.07, 6.45) is 6.29. The van der Waals surface area contributed by atoms with Gasteiger partial charge < -0.3 is 5.32 Å². The molecular weight excluding hydrogens is 248 g/mol. The van der Waals surface area contributed by atoms with Crippen LogP contribution in [0, 0.1) is 5.92 Å². The average molecular weight is 270 g/mol. The highest BCUT2D eigenvalue weighted by Gasteiger charge is 2.27. The van der Waals surface area contributed by atoms with Gasteiger partial charge in [-0.3, -0.25) is 4.68 Å². The summed E-state index contributed by atoms with van der Waals surface area (Å²) in [5, 5.41) is 7.71. The number of hydrogen-bond acceptors (Lipinski definition) is 3. The molecule has 106 valence electrons. The zero-order chi connectivity index (χ0) is 13.9. The first kappa shape index (κ1) is 13.3. The minimum absolute atomic E-state index is 0.408. The van der Waals surface area contributed by atoms with Crippen LogP contribution in [0.15, 0.2) is 30.6 Å². The highest BCUT2D eigenvalue weighted by molar-refractivity contribution is 5.32. The molecule has 20 heavy (non-hydrogen) atoms. The van der Waals surface area contributed by atoms with Crippen LogP contribution in [0.5, 0.6) is 0 Å².